The minimum absolute atomic E-state index is 0.00428. The van der Waals surface area contributed by atoms with Crippen LogP contribution in [-0.4, -0.2) is 86.1 Å². The number of pyridine rings is 1. The molecular weight excluding hydrogens is 542 g/mol. The normalized spacial score (nSPS) is 18.4. The van der Waals surface area contributed by atoms with Gasteiger partial charge in [-0.1, -0.05) is 6.07 Å². The minimum Gasteiger partial charge on any atom is -0.475 e. The molecule has 1 spiro atoms. The number of ether oxygens (including phenoxy) is 2. The Morgan fingerprint density at radius 1 is 1.10 bits per heavy atom. The second-order valence-corrected chi connectivity index (χ2v) is 8.73. The van der Waals surface area contributed by atoms with Crippen LogP contribution in [-0.2, 0) is 38.8 Å². The van der Waals surface area contributed by atoms with Gasteiger partial charge in [0, 0.05) is 62.9 Å². The van der Waals surface area contributed by atoms with Gasteiger partial charge in [-0.05, 0) is 25.0 Å². The highest BCUT2D eigenvalue weighted by Crippen LogP contribution is 2.40. The number of aliphatic carboxylic acids is 2. The third kappa shape index (κ3) is 10.1. The Morgan fingerprint density at radius 3 is 2.21 bits per heavy atom. The third-order valence-electron chi connectivity index (χ3n) is 5.79. The van der Waals surface area contributed by atoms with Crippen molar-refractivity contribution < 1.29 is 55.6 Å². The molecule has 4 heterocycles. The SMILES string of the molecule is CCn1cc(CN2CC3(C2)OCCC3COCc2cccnc2)cn1.O=C(O)C(F)(F)F.O=C(O)C(F)(F)F. The van der Waals surface area contributed by atoms with E-state index in [2.05, 4.69) is 34.2 Å². The average molecular weight is 570 g/mol. The highest BCUT2D eigenvalue weighted by molar-refractivity contribution is 5.73. The zero-order chi connectivity index (χ0) is 29.3. The third-order valence-corrected chi connectivity index (χ3v) is 5.79. The Bertz CT molecular complexity index is 1030. The molecule has 10 nitrogen and oxygen atoms in total. The smallest absolute Gasteiger partial charge is 0.475 e. The molecule has 2 aromatic rings. The van der Waals surface area contributed by atoms with Crippen LogP contribution in [0.4, 0.5) is 26.3 Å². The molecular formula is C23H28F6N4O6. The lowest BCUT2D eigenvalue weighted by Crippen LogP contribution is -2.64. The molecule has 39 heavy (non-hydrogen) atoms. The van der Waals surface area contributed by atoms with Gasteiger partial charge in [-0.25, -0.2) is 9.59 Å². The minimum atomic E-state index is -5.08. The van der Waals surface area contributed by atoms with Crippen molar-refractivity contribution >= 4 is 11.9 Å². The van der Waals surface area contributed by atoms with Gasteiger partial charge in [0.05, 0.1) is 25.0 Å². The second-order valence-electron chi connectivity index (χ2n) is 8.73. The quantitative estimate of drug-likeness (QED) is 0.482. The molecule has 2 N–H and O–H groups in total. The number of carboxylic acid groups (broad SMARTS) is 2. The summed E-state index contributed by atoms with van der Waals surface area (Å²) in [6.07, 6.45) is -1.32. The fourth-order valence-corrected chi connectivity index (χ4v) is 3.91. The Labute approximate surface area is 219 Å². The van der Waals surface area contributed by atoms with Gasteiger partial charge in [-0.15, -0.1) is 0 Å². The molecule has 2 fully saturated rings. The molecule has 1 atom stereocenters. The summed E-state index contributed by atoms with van der Waals surface area (Å²) >= 11 is 0. The number of alkyl halides is 6. The lowest BCUT2D eigenvalue weighted by Gasteiger charge is -2.50. The first-order chi connectivity index (χ1) is 18.2. The Hall–Kier alpha value is -3.24. The van der Waals surface area contributed by atoms with Crippen molar-refractivity contribution in [2.45, 2.75) is 51.0 Å². The van der Waals surface area contributed by atoms with Gasteiger partial charge in [-0.2, -0.15) is 31.4 Å². The zero-order valence-electron chi connectivity index (χ0n) is 20.8. The van der Waals surface area contributed by atoms with Crippen LogP contribution in [0.15, 0.2) is 36.9 Å². The van der Waals surface area contributed by atoms with E-state index in [1.165, 1.54) is 5.56 Å². The van der Waals surface area contributed by atoms with Crippen LogP contribution in [0, 0.1) is 5.92 Å². The highest BCUT2D eigenvalue weighted by atomic mass is 19.4. The number of hydrogen-bond acceptors (Lipinski definition) is 7. The van der Waals surface area contributed by atoms with Gasteiger partial charge in [0.2, 0.25) is 0 Å². The summed E-state index contributed by atoms with van der Waals surface area (Å²) in [6, 6.07) is 4.00. The summed E-state index contributed by atoms with van der Waals surface area (Å²) in [5.74, 6) is -5.03. The van der Waals surface area contributed by atoms with Gasteiger partial charge in [0.15, 0.2) is 0 Å². The van der Waals surface area contributed by atoms with E-state index in [4.69, 9.17) is 29.3 Å². The molecule has 218 valence electrons. The summed E-state index contributed by atoms with van der Waals surface area (Å²) in [6.45, 7) is 8.20. The Kier molecular flexibility index (Phi) is 11.2. The number of halogens is 6. The first kappa shape index (κ1) is 32.0. The monoisotopic (exact) mass is 570 g/mol. The van der Waals surface area contributed by atoms with Crippen molar-refractivity contribution in [2.75, 3.05) is 26.3 Å². The van der Waals surface area contributed by atoms with Crippen molar-refractivity contribution in [3.8, 4) is 0 Å². The van der Waals surface area contributed by atoms with Crippen LogP contribution in [0.1, 0.15) is 24.5 Å². The van der Waals surface area contributed by atoms with Gasteiger partial charge in [-0.3, -0.25) is 14.6 Å². The standard InChI is InChI=1S/C19H26N4O2.2C2HF3O2/c1-2-23-11-17(9-21-23)10-22-14-19(15-22)18(5-7-25-19)13-24-12-16-4-3-6-20-8-16;2*3-2(4,5)1(6)7/h3-4,6,8-9,11,18H,2,5,7,10,12-15H2,1H3;2*(H,6,7). The molecule has 0 aromatic carbocycles. The summed E-state index contributed by atoms with van der Waals surface area (Å²) in [7, 11) is 0. The van der Waals surface area contributed by atoms with E-state index in [9.17, 15) is 26.3 Å². The van der Waals surface area contributed by atoms with E-state index >= 15 is 0 Å². The number of hydrogen-bond donors (Lipinski definition) is 2. The lowest BCUT2D eigenvalue weighted by molar-refractivity contribution is -0.193. The van der Waals surface area contributed by atoms with Crippen molar-refractivity contribution in [3.63, 3.8) is 0 Å². The van der Waals surface area contributed by atoms with Crippen LogP contribution in [0.3, 0.4) is 0 Å². The van der Waals surface area contributed by atoms with Gasteiger partial charge < -0.3 is 19.7 Å². The van der Waals surface area contributed by atoms with E-state index in [-0.39, 0.29) is 5.60 Å². The second kappa shape index (κ2) is 13.7. The van der Waals surface area contributed by atoms with Crippen LogP contribution < -0.4 is 0 Å². The summed E-state index contributed by atoms with van der Waals surface area (Å²) in [4.78, 5) is 24.4. The molecule has 0 aliphatic carbocycles. The number of carbonyl (C=O) groups is 2. The Morgan fingerprint density at radius 2 is 1.72 bits per heavy atom. The molecule has 2 aliphatic rings. The van der Waals surface area contributed by atoms with E-state index in [0.717, 1.165) is 51.4 Å². The summed E-state index contributed by atoms with van der Waals surface area (Å²) in [5, 5.41) is 18.6. The zero-order valence-corrected chi connectivity index (χ0v) is 20.8. The molecule has 2 aliphatic heterocycles. The lowest BCUT2D eigenvalue weighted by atomic mass is 9.81. The largest absolute Gasteiger partial charge is 0.490 e. The van der Waals surface area contributed by atoms with Gasteiger partial charge in [0.1, 0.15) is 0 Å². The maximum absolute atomic E-state index is 10.6. The molecule has 1 unspecified atom stereocenters. The molecule has 2 saturated heterocycles. The summed E-state index contributed by atoms with van der Waals surface area (Å²) < 4.78 is 77.5. The van der Waals surface area contributed by atoms with Crippen LogP contribution in [0.2, 0.25) is 0 Å². The maximum Gasteiger partial charge on any atom is 0.490 e. The number of aryl methyl sites for hydroxylation is 1. The first-order valence-electron chi connectivity index (χ1n) is 11.6. The first-order valence-corrected chi connectivity index (χ1v) is 11.6. The number of rotatable bonds is 7. The fraction of sp³-hybridized carbons (Fsp3) is 0.565. The fourth-order valence-electron chi connectivity index (χ4n) is 3.91. The van der Waals surface area contributed by atoms with E-state index in [1.807, 2.05) is 23.1 Å². The Balaban J connectivity index is 0.000000317. The number of carboxylic acids is 2. The predicted octanol–water partition coefficient (Wildman–Crippen LogP) is 3.37. The topological polar surface area (TPSA) is 127 Å². The van der Waals surface area contributed by atoms with Crippen molar-refractivity contribution in [1.29, 1.82) is 0 Å². The molecule has 16 heteroatoms. The summed E-state index contributed by atoms with van der Waals surface area (Å²) in [5.41, 5.74) is 2.40. The number of likely N-dealkylation sites (tertiary alicyclic amines) is 1. The number of aromatic nitrogens is 3. The maximum atomic E-state index is 10.6. The van der Waals surface area contributed by atoms with Crippen molar-refractivity contribution in [2.24, 2.45) is 5.92 Å². The molecule has 0 amide bonds. The van der Waals surface area contributed by atoms with E-state index in [1.54, 1.807) is 6.20 Å². The molecule has 0 bridgehead atoms. The van der Waals surface area contributed by atoms with Crippen LogP contribution in [0.5, 0.6) is 0 Å². The number of nitrogens with zero attached hydrogens (tertiary/aromatic N) is 4. The highest BCUT2D eigenvalue weighted by Gasteiger charge is 2.52. The van der Waals surface area contributed by atoms with E-state index < -0.39 is 24.3 Å². The van der Waals surface area contributed by atoms with Crippen LogP contribution >= 0.6 is 0 Å². The molecule has 0 saturated carbocycles. The van der Waals surface area contributed by atoms with Gasteiger partial charge in [0.25, 0.3) is 0 Å². The predicted molar refractivity (Wildman–Crippen MR) is 121 cm³/mol. The van der Waals surface area contributed by atoms with Crippen molar-refractivity contribution in [1.82, 2.24) is 19.7 Å². The van der Waals surface area contributed by atoms with Gasteiger partial charge >= 0.3 is 24.3 Å². The van der Waals surface area contributed by atoms with E-state index in [0.29, 0.717) is 12.5 Å². The van der Waals surface area contributed by atoms with Crippen LogP contribution in [0.25, 0.3) is 0 Å². The molecule has 2 aromatic heterocycles. The average Bonchev–Trinajstić information content (AvgIpc) is 3.46. The molecule has 0 radical (unpaired) electrons. The van der Waals surface area contributed by atoms with Crippen molar-refractivity contribution in [3.05, 3.63) is 48.0 Å². The molecule has 4 rings (SSSR count).